The van der Waals surface area contributed by atoms with Crippen LogP contribution in [0.3, 0.4) is 0 Å². The Bertz CT molecular complexity index is 931. The number of benzene rings is 2. The third-order valence-electron chi connectivity index (χ3n) is 3.97. The van der Waals surface area contributed by atoms with Gasteiger partial charge < -0.3 is 14.8 Å². The zero-order valence-electron chi connectivity index (χ0n) is 16.7. The average molecular weight is 410 g/mol. The second-order valence-corrected chi connectivity index (χ2v) is 6.32. The summed E-state index contributed by atoms with van der Waals surface area (Å²) in [5.41, 5.74) is 1.35. The van der Waals surface area contributed by atoms with Crippen molar-refractivity contribution in [1.82, 2.24) is 5.32 Å². The van der Waals surface area contributed by atoms with Gasteiger partial charge in [0, 0.05) is 11.1 Å². The standard InChI is InChI=1S/C22H22N2O6/c1-3-29-21(27)13-23-20(26)12-15(2)30-19-10-6-17(7-11-19)22(28)16-4-8-18(9-5-16)24-14-25/h4-11,15H,3,12-13H2,1-2H3,(H,23,26). The largest absolute Gasteiger partial charge is 0.490 e. The molecule has 0 saturated carbocycles. The van der Waals surface area contributed by atoms with Crippen molar-refractivity contribution < 1.29 is 28.7 Å². The summed E-state index contributed by atoms with van der Waals surface area (Å²) in [7, 11) is 0. The predicted molar refractivity (Wildman–Crippen MR) is 108 cm³/mol. The van der Waals surface area contributed by atoms with Crippen LogP contribution in [0.1, 0.15) is 36.2 Å². The molecule has 8 heteroatoms. The third-order valence-corrected chi connectivity index (χ3v) is 3.97. The van der Waals surface area contributed by atoms with E-state index in [-0.39, 0.29) is 31.3 Å². The molecule has 0 heterocycles. The number of hydrogen-bond donors (Lipinski definition) is 1. The molecule has 0 spiro atoms. The Kier molecular flexibility index (Phi) is 8.47. The van der Waals surface area contributed by atoms with E-state index in [1.807, 2.05) is 0 Å². The van der Waals surface area contributed by atoms with Gasteiger partial charge in [0.1, 0.15) is 18.4 Å². The molecular weight excluding hydrogens is 388 g/mol. The lowest BCUT2D eigenvalue weighted by molar-refractivity contribution is -0.143. The highest BCUT2D eigenvalue weighted by Gasteiger charge is 2.13. The number of nitrogens with zero attached hydrogens (tertiary/aromatic N) is 1. The second kappa shape index (κ2) is 11.3. The van der Waals surface area contributed by atoms with Crippen molar-refractivity contribution in [2.24, 2.45) is 4.99 Å². The molecule has 1 atom stereocenters. The lowest BCUT2D eigenvalue weighted by Gasteiger charge is -2.14. The molecule has 0 aliphatic heterocycles. The van der Waals surface area contributed by atoms with Crippen LogP contribution in [-0.4, -0.2) is 43.0 Å². The number of nitrogens with one attached hydrogen (secondary N) is 1. The number of carbonyl (C=O) groups is 3. The predicted octanol–water partition coefficient (Wildman–Crippen LogP) is 2.72. The highest BCUT2D eigenvalue weighted by molar-refractivity contribution is 6.09. The molecule has 0 fully saturated rings. The maximum Gasteiger partial charge on any atom is 0.325 e. The maximum atomic E-state index is 12.5. The normalized spacial score (nSPS) is 11.0. The topological polar surface area (TPSA) is 111 Å². The zero-order chi connectivity index (χ0) is 21.9. The van der Waals surface area contributed by atoms with Crippen LogP contribution in [0.2, 0.25) is 0 Å². The number of hydrogen-bond acceptors (Lipinski definition) is 7. The summed E-state index contributed by atoms with van der Waals surface area (Å²) < 4.78 is 10.4. The first kappa shape index (κ1) is 22.5. The van der Waals surface area contributed by atoms with Crippen molar-refractivity contribution in [2.75, 3.05) is 13.2 Å². The van der Waals surface area contributed by atoms with Crippen LogP contribution < -0.4 is 10.1 Å². The van der Waals surface area contributed by atoms with Crippen molar-refractivity contribution in [3.05, 3.63) is 59.7 Å². The van der Waals surface area contributed by atoms with Gasteiger partial charge in [-0.25, -0.2) is 4.79 Å². The molecule has 8 nitrogen and oxygen atoms in total. The molecule has 0 bridgehead atoms. The monoisotopic (exact) mass is 410 g/mol. The van der Waals surface area contributed by atoms with Gasteiger partial charge in [-0.1, -0.05) is 0 Å². The van der Waals surface area contributed by atoms with E-state index in [0.29, 0.717) is 22.6 Å². The van der Waals surface area contributed by atoms with E-state index in [9.17, 15) is 19.2 Å². The van der Waals surface area contributed by atoms with Crippen molar-refractivity contribution in [2.45, 2.75) is 26.4 Å². The minimum Gasteiger partial charge on any atom is -0.490 e. The lowest BCUT2D eigenvalue weighted by atomic mass is 10.0. The van der Waals surface area contributed by atoms with Gasteiger partial charge >= 0.3 is 5.97 Å². The first-order valence-electron chi connectivity index (χ1n) is 9.34. The first-order valence-corrected chi connectivity index (χ1v) is 9.34. The summed E-state index contributed by atoms with van der Waals surface area (Å²) in [4.78, 5) is 49.4. The van der Waals surface area contributed by atoms with Gasteiger partial charge in [-0.15, -0.1) is 0 Å². The summed E-state index contributed by atoms with van der Waals surface area (Å²) >= 11 is 0. The molecule has 2 rings (SSSR count). The Morgan fingerprint density at radius 1 is 1.03 bits per heavy atom. The van der Waals surface area contributed by atoms with E-state index >= 15 is 0 Å². The van der Waals surface area contributed by atoms with E-state index in [0.717, 1.165) is 0 Å². The fourth-order valence-electron chi connectivity index (χ4n) is 2.58. The summed E-state index contributed by atoms with van der Waals surface area (Å²) in [5, 5.41) is 2.47. The van der Waals surface area contributed by atoms with E-state index in [1.54, 1.807) is 62.4 Å². The summed E-state index contributed by atoms with van der Waals surface area (Å²) in [6, 6.07) is 12.8. The van der Waals surface area contributed by atoms with E-state index in [4.69, 9.17) is 9.47 Å². The Morgan fingerprint density at radius 3 is 2.20 bits per heavy atom. The third kappa shape index (κ3) is 7.00. The quantitative estimate of drug-likeness (QED) is 0.279. The summed E-state index contributed by atoms with van der Waals surface area (Å²) in [6.07, 6.45) is 1.08. The van der Waals surface area contributed by atoms with Crippen molar-refractivity contribution in [3.8, 4) is 5.75 Å². The maximum absolute atomic E-state index is 12.5. The molecule has 0 aromatic heterocycles. The smallest absolute Gasteiger partial charge is 0.325 e. The molecule has 2 aromatic rings. The molecule has 1 N–H and O–H groups in total. The molecule has 2 aromatic carbocycles. The van der Waals surface area contributed by atoms with Crippen molar-refractivity contribution in [1.29, 1.82) is 0 Å². The molecule has 30 heavy (non-hydrogen) atoms. The van der Waals surface area contributed by atoms with Gasteiger partial charge in [0.05, 0.1) is 18.7 Å². The molecule has 1 unspecified atom stereocenters. The Labute approximate surface area is 173 Å². The van der Waals surface area contributed by atoms with Crippen LogP contribution in [0.15, 0.2) is 53.5 Å². The van der Waals surface area contributed by atoms with Gasteiger partial charge in [-0.05, 0) is 62.4 Å². The van der Waals surface area contributed by atoms with E-state index < -0.39 is 12.1 Å². The number of ether oxygens (including phenoxy) is 2. The van der Waals surface area contributed by atoms with Crippen LogP contribution >= 0.6 is 0 Å². The molecule has 0 saturated heterocycles. The van der Waals surface area contributed by atoms with Gasteiger partial charge in [0.25, 0.3) is 0 Å². The number of esters is 1. The molecule has 1 amide bonds. The number of carbonyl (C=O) groups excluding carboxylic acids is 4. The molecular formula is C22H22N2O6. The number of ketones is 1. The van der Waals surface area contributed by atoms with Crippen molar-refractivity contribution >= 4 is 29.4 Å². The lowest BCUT2D eigenvalue weighted by Crippen LogP contribution is -2.33. The van der Waals surface area contributed by atoms with Crippen LogP contribution in [-0.2, 0) is 19.1 Å². The SMILES string of the molecule is CCOC(=O)CNC(=O)CC(C)Oc1ccc(C(=O)c2ccc(N=C=O)cc2)cc1. The summed E-state index contributed by atoms with van der Waals surface area (Å²) in [5.74, 6) is -0.502. The van der Waals surface area contributed by atoms with Crippen LogP contribution in [0, 0.1) is 0 Å². The van der Waals surface area contributed by atoms with Crippen molar-refractivity contribution in [3.63, 3.8) is 0 Å². The highest BCUT2D eigenvalue weighted by Crippen LogP contribution is 2.19. The molecule has 0 aliphatic carbocycles. The molecule has 0 aliphatic rings. The number of isocyanates is 1. The van der Waals surface area contributed by atoms with Gasteiger partial charge in [0.15, 0.2) is 5.78 Å². The number of rotatable bonds is 10. The molecule has 0 radical (unpaired) electrons. The van der Waals surface area contributed by atoms with Crippen LogP contribution in [0.5, 0.6) is 5.75 Å². The summed E-state index contributed by atoms with van der Waals surface area (Å²) in [6.45, 7) is 3.49. The van der Waals surface area contributed by atoms with Crippen LogP contribution in [0.25, 0.3) is 0 Å². The van der Waals surface area contributed by atoms with Gasteiger partial charge in [0.2, 0.25) is 12.0 Å². The Morgan fingerprint density at radius 2 is 1.63 bits per heavy atom. The zero-order valence-corrected chi connectivity index (χ0v) is 16.7. The highest BCUT2D eigenvalue weighted by atomic mass is 16.5. The van der Waals surface area contributed by atoms with Gasteiger partial charge in [-0.3, -0.25) is 14.4 Å². The minimum absolute atomic E-state index is 0.0652. The van der Waals surface area contributed by atoms with E-state index in [1.165, 1.54) is 6.08 Å². The Balaban J connectivity index is 1.88. The fraction of sp³-hybridized carbons (Fsp3) is 0.273. The average Bonchev–Trinajstić information content (AvgIpc) is 2.73. The second-order valence-electron chi connectivity index (χ2n) is 6.32. The minimum atomic E-state index is -0.495. The fourth-order valence-corrected chi connectivity index (χ4v) is 2.58. The number of aliphatic imine (C=N–C) groups is 1. The van der Waals surface area contributed by atoms with Crippen LogP contribution in [0.4, 0.5) is 5.69 Å². The first-order chi connectivity index (χ1) is 14.4. The Hall–Kier alpha value is -3.77. The van der Waals surface area contributed by atoms with E-state index in [2.05, 4.69) is 10.3 Å². The van der Waals surface area contributed by atoms with Gasteiger partial charge in [-0.2, -0.15) is 4.99 Å². The molecule has 156 valence electrons. The number of amides is 1.